The van der Waals surface area contributed by atoms with E-state index in [0.717, 1.165) is 4.31 Å². The lowest BCUT2D eigenvalue weighted by Crippen LogP contribution is -2.27. The quantitative estimate of drug-likeness (QED) is 0.874. The first-order chi connectivity index (χ1) is 9.46. The predicted octanol–water partition coefficient (Wildman–Crippen LogP) is 1.97. The Bertz CT molecular complexity index is 765. The third-order valence-corrected chi connectivity index (χ3v) is 4.76. The van der Waals surface area contributed by atoms with Crippen molar-refractivity contribution in [2.24, 2.45) is 0 Å². The lowest BCUT2D eigenvalue weighted by Gasteiger charge is -2.20. The van der Waals surface area contributed by atoms with Crippen molar-refractivity contribution in [3.05, 3.63) is 54.1 Å². The van der Waals surface area contributed by atoms with E-state index in [1.54, 1.807) is 30.3 Å². The monoisotopic (exact) mass is 287 g/mol. The van der Waals surface area contributed by atoms with Gasteiger partial charge in [-0.15, -0.1) is 0 Å². The second-order valence-corrected chi connectivity index (χ2v) is 6.11. The van der Waals surface area contributed by atoms with Crippen molar-refractivity contribution >= 4 is 21.4 Å². The van der Waals surface area contributed by atoms with Crippen LogP contribution in [-0.2, 0) is 10.0 Å². The van der Waals surface area contributed by atoms with Crippen molar-refractivity contribution in [1.82, 2.24) is 0 Å². The Morgan fingerprint density at radius 1 is 1.15 bits per heavy atom. The van der Waals surface area contributed by atoms with Gasteiger partial charge < -0.3 is 5.73 Å². The highest BCUT2D eigenvalue weighted by atomic mass is 32.2. The molecule has 0 saturated heterocycles. The first kappa shape index (κ1) is 13.9. The summed E-state index contributed by atoms with van der Waals surface area (Å²) >= 11 is 0. The summed E-state index contributed by atoms with van der Waals surface area (Å²) in [4.78, 5) is -0.0112. The number of nitriles is 1. The number of sulfonamides is 1. The molecule has 0 aromatic heterocycles. The van der Waals surface area contributed by atoms with Crippen LogP contribution in [0, 0.1) is 11.3 Å². The van der Waals surface area contributed by atoms with Crippen molar-refractivity contribution < 1.29 is 8.42 Å². The maximum Gasteiger partial charge on any atom is 0.266 e. The van der Waals surface area contributed by atoms with Gasteiger partial charge in [-0.25, -0.2) is 8.42 Å². The molecule has 0 amide bonds. The summed E-state index contributed by atoms with van der Waals surface area (Å²) in [6.07, 6.45) is 0. The van der Waals surface area contributed by atoms with Crippen molar-refractivity contribution in [3.8, 4) is 6.07 Å². The smallest absolute Gasteiger partial charge is 0.266 e. The van der Waals surface area contributed by atoms with Crippen LogP contribution in [0.1, 0.15) is 5.56 Å². The molecule has 0 heterocycles. The van der Waals surface area contributed by atoms with Crippen LogP contribution in [0.25, 0.3) is 0 Å². The number of hydrogen-bond donors (Lipinski definition) is 1. The van der Waals surface area contributed by atoms with E-state index in [9.17, 15) is 8.42 Å². The predicted molar refractivity (Wildman–Crippen MR) is 77.6 cm³/mol. The minimum absolute atomic E-state index is 0.0112. The molecule has 2 aromatic rings. The Morgan fingerprint density at radius 3 is 2.35 bits per heavy atom. The molecular formula is C14H13N3O2S. The largest absolute Gasteiger partial charge is 0.398 e. The third-order valence-electron chi connectivity index (χ3n) is 2.90. The summed E-state index contributed by atoms with van der Waals surface area (Å²) < 4.78 is 26.2. The molecule has 2 aromatic carbocycles. The second kappa shape index (κ2) is 5.23. The number of rotatable bonds is 3. The Hall–Kier alpha value is -2.52. The van der Waals surface area contributed by atoms with Crippen LogP contribution in [0.3, 0.4) is 0 Å². The van der Waals surface area contributed by atoms with Gasteiger partial charge in [0, 0.05) is 7.05 Å². The molecule has 0 aliphatic rings. The summed E-state index contributed by atoms with van der Waals surface area (Å²) in [5.74, 6) is 0. The van der Waals surface area contributed by atoms with Crippen LogP contribution in [0.5, 0.6) is 0 Å². The zero-order chi connectivity index (χ0) is 14.8. The number of hydrogen-bond acceptors (Lipinski definition) is 4. The van der Waals surface area contributed by atoms with E-state index < -0.39 is 10.0 Å². The van der Waals surface area contributed by atoms with Crippen LogP contribution >= 0.6 is 0 Å². The first-order valence-electron chi connectivity index (χ1n) is 5.80. The fourth-order valence-corrected chi connectivity index (χ4v) is 3.07. The lowest BCUT2D eigenvalue weighted by atomic mass is 10.2. The molecule has 2 rings (SSSR count). The van der Waals surface area contributed by atoms with Gasteiger partial charge in [-0.1, -0.05) is 18.2 Å². The van der Waals surface area contributed by atoms with Gasteiger partial charge in [0.05, 0.1) is 23.0 Å². The fourth-order valence-electron chi connectivity index (χ4n) is 1.78. The summed E-state index contributed by atoms with van der Waals surface area (Å²) in [5.41, 5.74) is 6.67. The first-order valence-corrected chi connectivity index (χ1v) is 7.24. The lowest BCUT2D eigenvalue weighted by molar-refractivity contribution is 0.595. The fraction of sp³-hybridized carbons (Fsp3) is 0.0714. The minimum atomic E-state index is -3.75. The van der Waals surface area contributed by atoms with E-state index in [4.69, 9.17) is 11.0 Å². The van der Waals surface area contributed by atoms with Crippen molar-refractivity contribution in [2.45, 2.75) is 4.90 Å². The standard InChI is InChI=1S/C14H13N3O2S/c1-17(12-5-3-2-4-6-12)20(18,19)14-8-7-11(10-15)9-13(14)16/h2-9H,16H2,1H3. The average molecular weight is 287 g/mol. The molecule has 5 nitrogen and oxygen atoms in total. The van der Waals surface area contributed by atoms with Gasteiger partial charge in [0.15, 0.2) is 0 Å². The molecule has 2 N–H and O–H groups in total. The maximum absolute atomic E-state index is 12.5. The van der Waals surface area contributed by atoms with Crippen molar-refractivity contribution in [2.75, 3.05) is 17.1 Å². The van der Waals surface area contributed by atoms with Crippen molar-refractivity contribution in [1.29, 1.82) is 5.26 Å². The van der Waals surface area contributed by atoms with Crippen LogP contribution < -0.4 is 10.0 Å². The Balaban J connectivity index is 2.49. The van der Waals surface area contributed by atoms with E-state index in [1.165, 1.54) is 25.2 Å². The van der Waals surface area contributed by atoms with E-state index in [2.05, 4.69) is 0 Å². The Morgan fingerprint density at radius 2 is 1.80 bits per heavy atom. The van der Waals surface area contributed by atoms with Gasteiger partial charge in [0.2, 0.25) is 0 Å². The topological polar surface area (TPSA) is 87.2 Å². The van der Waals surface area contributed by atoms with Crippen LogP contribution in [0.2, 0.25) is 0 Å². The normalized spacial score (nSPS) is 10.8. The number of nitrogens with zero attached hydrogens (tertiary/aromatic N) is 2. The molecule has 0 atom stereocenters. The van der Waals surface area contributed by atoms with Crippen LogP contribution in [0.15, 0.2) is 53.4 Å². The molecule has 0 unspecified atom stereocenters. The summed E-state index contributed by atoms with van der Waals surface area (Å²) in [6, 6.07) is 14.8. The summed E-state index contributed by atoms with van der Waals surface area (Å²) in [5, 5.41) is 8.78. The molecule has 0 radical (unpaired) electrons. The average Bonchev–Trinajstić information content (AvgIpc) is 2.46. The maximum atomic E-state index is 12.5. The molecule has 20 heavy (non-hydrogen) atoms. The van der Waals surface area contributed by atoms with Crippen molar-refractivity contribution in [3.63, 3.8) is 0 Å². The van der Waals surface area contributed by atoms with Gasteiger partial charge in [0.1, 0.15) is 4.90 Å². The highest BCUT2D eigenvalue weighted by molar-refractivity contribution is 7.93. The highest BCUT2D eigenvalue weighted by Crippen LogP contribution is 2.26. The van der Waals surface area contributed by atoms with Gasteiger partial charge in [-0.3, -0.25) is 4.31 Å². The van der Waals surface area contributed by atoms with Gasteiger partial charge in [-0.2, -0.15) is 5.26 Å². The number of nitrogens with two attached hydrogens (primary N) is 1. The molecule has 0 saturated carbocycles. The molecule has 0 aliphatic heterocycles. The molecular weight excluding hydrogens is 274 g/mol. The zero-order valence-electron chi connectivity index (χ0n) is 10.8. The molecule has 0 spiro atoms. The third kappa shape index (κ3) is 2.44. The number of nitrogen functional groups attached to an aromatic ring is 1. The number of anilines is 2. The SMILES string of the molecule is CN(c1ccccc1)S(=O)(=O)c1ccc(C#N)cc1N. The van der Waals surface area contributed by atoms with E-state index in [-0.39, 0.29) is 10.6 Å². The molecule has 0 bridgehead atoms. The number of benzene rings is 2. The number of para-hydroxylation sites is 1. The molecule has 102 valence electrons. The molecule has 0 fully saturated rings. The summed E-state index contributed by atoms with van der Waals surface area (Å²) in [7, 11) is -2.29. The van der Waals surface area contributed by atoms with E-state index in [0.29, 0.717) is 11.3 Å². The second-order valence-electron chi connectivity index (χ2n) is 4.17. The van der Waals surface area contributed by atoms with Gasteiger partial charge in [-0.05, 0) is 30.3 Å². The Labute approximate surface area is 117 Å². The van der Waals surface area contributed by atoms with Gasteiger partial charge in [0.25, 0.3) is 10.0 Å². The highest BCUT2D eigenvalue weighted by Gasteiger charge is 2.23. The van der Waals surface area contributed by atoms with Crippen LogP contribution in [0.4, 0.5) is 11.4 Å². The zero-order valence-corrected chi connectivity index (χ0v) is 11.6. The molecule has 0 aliphatic carbocycles. The summed E-state index contributed by atoms with van der Waals surface area (Å²) in [6.45, 7) is 0. The minimum Gasteiger partial charge on any atom is -0.398 e. The van der Waals surface area contributed by atoms with E-state index in [1.807, 2.05) is 6.07 Å². The van der Waals surface area contributed by atoms with Gasteiger partial charge >= 0.3 is 0 Å². The van der Waals surface area contributed by atoms with E-state index >= 15 is 0 Å². The Kier molecular flexibility index (Phi) is 3.63. The van der Waals surface area contributed by atoms with Crippen LogP contribution in [-0.4, -0.2) is 15.5 Å². The molecule has 6 heteroatoms.